The third-order valence-corrected chi connectivity index (χ3v) is 6.45. The molecule has 2 N–H and O–H groups in total. The van der Waals surface area contributed by atoms with Crippen LogP contribution >= 0.6 is 11.6 Å². The number of carbonyl (C=O) groups is 1. The van der Waals surface area contributed by atoms with Gasteiger partial charge in [-0.3, -0.25) is 4.79 Å². The number of carbonyl (C=O) groups excluding carboxylic acids is 1. The predicted molar refractivity (Wildman–Crippen MR) is 128 cm³/mol. The van der Waals surface area contributed by atoms with Crippen LogP contribution in [-0.4, -0.2) is 53.9 Å². The molecule has 1 aliphatic heterocycles. The molecule has 2 aromatic carbocycles. The van der Waals surface area contributed by atoms with E-state index in [1.54, 1.807) is 24.4 Å². The second-order valence-electron chi connectivity index (χ2n) is 8.45. The Morgan fingerprint density at radius 2 is 1.88 bits per heavy atom. The Balaban J connectivity index is 1.48. The summed E-state index contributed by atoms with van der Waals surface area (Å²) < 4.78 is 33.3. The summed E-state index contributed by atoms with van der Waals surface area (Å²) in [6.07, 6.45) is 2.54. The number of aromatic nitrogens is 1. The van der Waals surface area contributed by atoms with E-state index in [2.05, 4.69) is 9.88 Å². The molecule has 1 fully saturated rings. The summed E-state index contributed by atoms with van der Waals surface area (Å²) in [5.74, 6) is -1.09. The normalized spacial score (nSPS) is 15.7. The van der Waals surface area contributed by atoms with Crippen molar-refractivity contribution >= 4 is 23.3 Å². The van der Waals surface area contributed by atoms with Gasteiger partial charge in [0.25, 0.3) is 5.91 Å². The highest BCUT2D eigenvalue weighted by Gasteiger charge is 2.28. The van der Waals surface area contributed by atoms with Gasteiger partial charge in [0.05, 0.1) is 5.02 Å². The van der Waals surface area contributed by atoms with E-state index in [9.17, 15) is 13.6 Å². The summed E-state index contributed by atoms with van der Waals surface area (Å²) in [6, 6.07) is 11.2. The molecule has 34 heavy (non-hydrogen) atoms. The van der Waals surface area contributed by atoms with E-state index in [0.717, 1.165) is 30.7 Å². The molecule has 0 saturated carbocycles. The molecule has 3 aromatic rings. The predicted octanol–water partition coefficient (Wildman–Crippen LogP) is 4.62. The molecule has 0 bridgehead atoms. The van der Waals surface area contributed by atoms with Gasteiger partial charge in [-0.1, -0.05) is 23.7 Å². The first kappa shape index (κ1) is 23.9. The van der Waals surface area contributed by atoms with E-state index in [-0.39, 0.29) is 34.7 Å². The monoisotopic (exact) mass is 486 g/mol. The molecule has 4 rings (SSSR count). The van der Waals surface area contributed by atoms with Crippen molar-refractivity contribution in [3.05, 3.63) is 76.4 Å². The molecular weight excluding hydrogens is 462 g/mol. The highest BCUT2D eigenvalue weighted by Crippen LogP contribution is 2.30. The number of hydrogen-bond acceptors (Lipinski definition) is 5. The molecule has 0 unspecified atom stereocenters. The maximum atomic E-state index is 14.0. The van der Waals surface area contributed by atoms with Crippen LogP contribution in [0.4, 0.5) is 14.6 Å². The van der Waals surface area contributed by atoms with Crippen LogP contribution in [0, 0.1) is 11.6 Å². The van der Waals surface area contributed by atoms with Crippen molar-refractivity contribution in [3.8, 4) is 16.9 Å². The first-order valence-corrected chi connectivity index (χ1v) is 11.2. The van der Waals surface area contributed by atoms with Crippen molar-refractivity contribution in [1.29, 1.82) is 0 Å². The lowest BCUT2D eigenvalue weighted by atomic mass is 10.0. The Hall–Kier alpha value is -3.23. The molecule has 6 nitrogen and oxygen atoms in total. The Bertz CT molecular complexity index is 1200. The number of likely N-dealkylation sites (N-methyl/N-ethyl adjacent to an activating group) is 1. The van der Waals surface area contributed by atoms with Gasteiger partial charge < -0.3 is 20.3 Å². The summed E-state index contributed by atoms with van der Waals surface area (Å²) in [5, 5.41) is -0.335. The number of hydrogen-bond donors (Lipinski definition) is 1. The minimum absolute atomic E-state index is 0.00403. The fourth-order valence-electron chi connectivity index (χ4n) is 3.92. The fraction of sp³-hybridized carbons (Fsp3) is 0.280. The van der Waals surface area contributed by atoms with Crippen LogP contribution in [0.1, 0.15) is 22.3 Å². The molecule has 1 aromatic heterocycles. The van der Waals surface area contributed by atoms with Gasteiger partial charge in [0.1, 0.15) is 18.2 Å². The van der Waals surface area contributed by atoms with Crippen LogP contribution in [0.2, 0.25) is 5.02 Å². The van der Waals surface area contributed by atoms with Crippen molar-refractivity contribution in [2.45, 2.75) is 19.1 Å². The van der Waals surface area contributed by atoms with Gasteiger partial charge in [-0.25, -0.2) is 13.8 Å². The number of pyridine rings is 1. The molecule has 0 aliphatic carbocycles. The van der Waals surface area contributed by atoms with Gasteiger partial charge in [0, 0.05) is 42.0 Å². The van der Waals surface area contributed by atoms with Crippen LogP contribution < -0.4 is 10.5 Å². The van der Waals surface area contributed by atoms with Gasteiger partial charge in [-0.15, -0.1) is 0 Å². The first-order chi connectivity index (χ1) is 16.2. The summed E-state index contributed by atoms with van der Waals surface area (Å²) in [5.41, 5.74) is 7.92. The number of likely N-dealkylation sites (tertiary alicyclic amines) is 1. The number of benzene rings is 2. The van der Waals surface area contributed by atoms with Gasteiger partial charge in [-0.05, 0) is 56.4 Å². The number of ether oxygens (including phenoxy) is 1. The molecule has 9 heteroatoms. The Morgan fingerprint density at radius 3 is 2.56 bits per heavy atom. The number of nitrogens with zero attached hydrogens (tertiary/aromatic N) is 3. The van der Waals surface area contributed by atoms with Crippen LogP contribution in [0.5, 0.6) is 5.75 Å². The zero-order chi connectivity index (χ0) is 24.4. The van der Waals surface area contributed by atoms with Gasteiger partial charge >= 0.3 is 0 Å². The SMILES string of the molecule is CN(C)[C@H]1CCN(C(=O)c2ccc(-c3cnc(N)c(OCc4c(F)ccc(F)c4Cl)c3)cc2)C1. The number of rotatable bonds is 6. The van der Waals surface area contributed by atoms with Crippen molar-refractivity contribution < 1.29 is 18.3 Å². The van der Waals surface area contributed by atoms with E-state index < -0.39 is 11.6 Å². The largest absolute Gasteiger partial charge is 0.485 e. The standard InChI is InChI=1S/C25H25ClF2N4O2/c1-31(2)18-9-10-32(13-18)25(33)16-5-3-15(4-6-16)17-11-22(24(29)30-12-17)34-14-19-20(27)7-8-21(28)23(19)26/h3-8,11-12,18H,9-10,13-14H2,1-2H3,(H2,29,30)/t18-/m0/s1. The maximum absolute atomic E-state index is 14.0. The summed E-state index contributed by atoms with van der Waals surface area (Å²) in [4.78, 5) is 21.0. The molecule has 178 valence electrons. The van der Waals surface area contributed by atoms with E-state index in [1.807, 2.05) is 31.1 Å². The molecule has 0 radical (unpaired) electrons. The second kappa shape index (κ2) is 9.95. The Morgan fingerprint density at radius 1 is 1.18 bits per heavy atom. The number of amides is 1. The molecular formula is C25H25ClF2N4O2. The second-order valence-corrected chi connectivity index (χ2v) is 8.83. The molecule has 1 aliphatic rings. The zero-order valence-electron chi connectivity index (χ0n) is 18.9. The van der Waals surface area contributed by atoms with Crippen molar-refractivity contribution in [1.82, 2.24) is 14.8 Å². The first-order valence-electron chi connectivity index (χ1n) is 10.8. The third kappa shape index (κ3) is 4.98. The van der Waals surface area contributed by atoms with Crippen molar-refractivity contribution in [2.24, 2.45) is 0 Å². The minimum Gasteiger partial charge on any atom is -0.485 e. The average molecular weight is 487 g/mol. The topological polar surface area (TPSA) is 71.7 Å². The van der Waals surface area contributed by atoms with Crippen LogP contribution in [0.15, 0.2) is 48.7 Å². The minimum atomic E-state index is -0.734. The van der Waals surface area contributed by atoms with E-state index in [4.69, 9.17) is 22.1 Å². The molecule has 1 amide bonds. The molecule has 1 saturated heterocycles. The number of nitrogens with two attached hydrogens (primary N) is 1. The third-order valence-electron chi connectivity index (χ3n) is 6.04. The van der Waals surface area contributed by atoms with Crippen LogP contribution in [0.3, 0.4) is 0 Å². The quantitative estimate of drug-likeness (QED) is 0.515. The van der Waals surface area contributed by atoms with Crippen LogP contribution in [0.25, 0.3) is 11.1 Å². The van der Waals surface area contributed by atoms with E-state index in [0.29, 0.717) is 23.7 Å². The van der Waals surface area contributed by atoms with Crippen LogP contribution in [-0.2, 0) is 6.61 Å². The zero-order valence-corrected chi connectivity index (χ0v) is 19.6. The smallest absolute Gasteiger partial charge is 0.253 e. The lowest BCUT2D eigenvalue weighted by Gasteiger charge is -2.20. The Kier molecular flexibility index (Phi) is 7.00. The van der Waals surface area contributed by atoms with Gasteiger partial charge in [0.2, 0.25) is 0 Å². The highest BCUT2D eigenvalue weighted by molar-refractivity contribution is 6.31. The molecule has 1 atom stereocenters. The average Bonchev–Trinajstić information content (AvgIpc) is 3.33. The summed E-state index contributed by atoms with van der Waals surface area (Å²) in [7, 11) is 4.05. The van der Waals surface area contributed by atoms with Gasteiger partial charge in [-0.2, -0.15) is 0 Å². The Labute approximate surface area is 201 Å². The van der Waals surface area contributed by atoms with Crippen molar-refractivity contribution in [3.63, 3.8) is 0 Å². The summed E-state index contributed by atoms with van der Waals surface area (Å²) in [6.45, 7) is 1.14. The molecule has 0 spiro atoms. The number of halogens is 3. The molecule has 2 heterocycles. The summed E-state index contributed by atoms with van der Waals surface area (Å²) >= 11 is 5.87. The fourth-order valence-corrected chi connectivity index (χ4v) is 4.12. The number of nitrogen functional groups attached to an aromatic ring is 1. The maximum Gasteiger partial charge on any atom is 0.253 e. The van der Waals surface area contributed by atoms with Gasteiger partial charge in [0.15, 0.2) is 11.6 Å². The van der Waals surface area contributed by atoms with E-state index in [1.165, 1.54) is 0 Å². The van der Waals surface area contributed by atoms with E-state index >= 15 is 0 Å². The number of anilines is 1. The lowest BCUT2D eigenvalue weighted by Crippen LogP contribution is -2.34. The lowest BCUT2D eigenvalue weighted by molar-refractivity contribution is 0.0783. The van der Waals surface area contributed by atoms with Crippen molar-refractivity contribution in [2.75, 3.05) is 32.9 Å². The highest BCUT2D eigenvalue weighted by atomic mass is 35.5.